The lowest BCUT2D eigenvalue weighted by Gasteiger charge is -2.41. The molecule has 2 aliphatic heterocycles. The first kappa shape index (κ1) is 8.97. The molecule has 2 saturated heterocycles. The smallest absolute Gasteiger partial charge is 0.228 e. The van der Waals surface area contributed by atoms with Crippen molar-refractivity contribution in [2.75, 3.05) is 26.3 Å². The molecule has 0 radical (unpaired) electrons. The van der Waals surface area contributed by atoms with Gasteiger partial charge >= 0.3 is 0 Å². The number of rotatable bonds is 2. The van der Waals surface area contributed by atoms with Gasteiger partial charge in [0.25, 0.3) is 0 Å². The summed E-state index contributed by atoms with van der Waals surface area (Å²) in [5.74, 6) is 0.355. The van der Waals surface area contributed by atoms with E-state index in [0.29, 0.717) is 19.2 Å². The predicted molar refractivity (Wildman–Crippen MR) is 48.1 cm³/mol. The Hall–Kier alpha value is -0.610. The van der Waals surface area contributed by atoms with E-state index < -0.39 is 0 Å². The third-order valence-electron chi connectivity index (χ3n) is 2.98. The number of nitrogens with two attached hydrogens (primary N) is 1. The van der Waals surface area contributed by atoms with Gasteiger partial charge in [0.15, 0.2) is 0 Å². The van der Waals surface area contributed by atoms with Gasteiger partial charge in [0.05, 0.1) is 12.5 Å². The molecular weight excluding hydrogens is 168 g/mol. The Bertz CT molecular complexity index is 200. The van der Waals surface area contributed by atoms with Crippen LogP contribution in [-0.2, 0) is 9.53 Å². The lowest BCUT2D eigenvalue weighted by atomic mass is 9.98. The molecule has 2 N–H and O–H groups in total. The number of likely N-dealkylation sites (tertiary alicyclic amines) is 1. The maximum atomic E-state index is 11.8. The lowest BCUT2D eigenvalue weighted by Crippen LogP contribution is -2.56. The molecule has 2 unspecified atom stereocenters. The molecule has 4 nitrogen and oxygen atoms in total. The minimum absolute atomic E-state index is 0.106. The van der Waals surface area contributed by atoms with Crippen LogP contribution in [0.5, 0.6) is 0 Å². The Labute approximate surface area is 78.0 Å². The summed E-state index contributed by atoms with van der Waals surface area (Å²) in [6, 6.07) is 0.299. The number of carbonyl (C=O) groups excluding carboxylic acids is 1. The van der Waals surface area contributed by atoms with Gasteiger partial charge in [-0.25, -0.2) is 0 Å². The van der Waals surface area contributed by atoms with E-state index in [9.17, 15) is 4.79 Å². The summed E-state index contributed by atoms with van der Waals surface area (Å²) < 4.78 is 5.19. The quantitative estimate of drug-likeness (QED) is 0.634. The van der Waals surface area contributed by atoms with Crippen LogP contribution in [-0.4, -0.2) is 43.2 Å². The van der Waals surface area contributed by atoms with E-state index in [-0.39, 0.29) is 11.8 Å². The Kier molecular flexibility index (Phi) is 2.51. The molecule has 2 rings (SSSR count). The van der Waals surface area contributed by atoms with E-state index in [4.69, 9.17) is 10.5 Å². The zero-order chi connectivity index (χ0) is 9.26. The van der Waals surface area contributed by atoms with Gasteiger partial charge in [-0.15, -0.1) is 0 Å². The normalized spacial score (nSPS) is 33.2. The topological polar surface area (TPSA) is 55.6 Å². The zero-order valence-corrected chi connectivity index (χ0v) is 7.74. The van der Waals surface area contributed by atoms with E-state index in [2.05, 4.69) is 0 Å². The molecule has 1 amide bonds. The highest BCUT2D eigenvalue weighted by molar-refractivity contribution is 5.80. The van der Waals surface area contributed by atoms with Gasteiger partial charge in [-0.2, -0.15) is 0 Å². The van der Waals surface area contributed by atoms with Crippen molar-refractivity contribution in [2.24, 2.45) is 11.7 Å². The molecule has 2 aliphatic rings. The summed E-state index contributed by atoms with van der Waals surface area (Å²) in [6.45, 7) is 2.82. The number of hydrogen-bond acceptors (Lipinski definition) is 3. The van der Waals surface area contributed by atoms with Crippen LogP contribution >= 0.6 is 0 Å². The van der Waals surface area contributed by atoms with Gasteiger partial charge in [-0.3, -0.25) is 4.79 Å². The van der Waals surface area contributed by atoms with Crippen molar-refractivity contribution < 1.29 is 9.53 Å². The average Bonchev–Trinajstić information content (AvgIpc) is 2.54. The minimum atomic E-state index is 0.106. The molecule has 2 atom stereocenters. The lowest BCUT2D eigenvalue weighted by molar-refractivity contribution is -0.142. The van der Waals surface area contributed by atoms with Crippen molar-refractivity contribution in [1.82, 2.24) is 4.90 Å². The van der Waals surface area contributed by atoms with E-state index in [0.717, 1.165) is 26.0 Å². The highest BCUT2D eigenvalue weighted by Crippen LogP contribution is 2.23. The summed E-state index contributed by atoms with van der Waals surface area (Å²) in [5.41, 5.74) is 5.54. The third kappa shape index (κ3) is 1.56. The Balaban J connectivity index is 1.89. The van der Waals surface area contributed by atoms with Gasteiger partial charge in [0.2, 0.25) is 5.91 Å². The molecule has 0 spiro atoms. The van der Waals surface area contributed by atoms with Crippen LogP contribution < -0.4 is 5.73 Å². The molecule has 2 fully saturated rings. The SMILES string of the molecule is NCC1CCN1C(=O)C1CCOC1. The Morgan fingerprint density at radius 3 is 2.85 bits per heavy atom. The fourth-order valence-corrected chi connectivity index (χ4v) is 1.94. The van der Waals surface area contributed by atoms with Gasteiger partial charge < -0.3 is 15.4 Å². The molecule has 0 bridgehead atoms. The molecule has 13 heavy (non-hydrogen) atoms. The summed E-state index contributed by atoms with van der Waals surface area (Å²) >= 11 is 0. The van der Waals surface area contributed by atoms with E-state index in [1.54, 1.807) is 0 Å². The molecule has 0 aromatic carbocycles. The van der Waals surface area contributed by atoms with Crippen molar-refractivity contribution in [1.29, 1.82) is 0 Å². The third-order valence-corrected chi connectivity index (χ3v) is 2.98. The first-order valence-corrected chi connectivity index (χ1v) is 4.91. The molecule has 0 aromatic heterocycles. The van der Waals surface area contributed by atoms with Crippen LogP contribution in [0.4, 0.5) is 0 Å². The Morgan fingerprint density at radius 1 is 1.54 bits per heavy atom. The largest absolute Gasteiger partial charge is 0.381 e. The fraction of sp³-hybridized carbons (Fsp3) is 0.889. The molecule has 0 aromatic rings. The molecule has 0 aliphatic carbocycles. The Morgan fingerprint density at radius 2 is 2.38 bits per heavy atom. The highest BCUT2D eigenvalue weighted by atomic mass is 16.5. The summed E-state index contributed by atoms with van der Waals surface area (Å²) in [6.07, 6.45) is 1.95. The number of carbonyl (C=O) groups is 1. The van der Waals surface area contributed by atoms with Gasteiger partial charge in [-0.1, -0.05) is 0 Å². The molecule has 74 valence electrons. The molecule has 4 heteroatoms. The average molecular weight is 184 g/mol. The fourth-order valence-electron chi connectivity index (χ4n) is 1.94. The van der Waals surface area contributed by atoms with E-state index >= 15 is 0 Å². The summed E-state index contributed by atoms with van der Waals surface area (Å²) in [5, 5.41) is 0. The maximum absolute atomic E-state index is 11.8. The van der Waals surface area contributed by atoms with Crippen LogP contribution in [0, 0.1) is 5.92 Å². The van der Waals surface area contributed by atoms with Crippen LogP contribution in [0.15, 0.2) is 0 Å². The van der Waals surface area contributed by atoms with Crippen LogP contribution in [0.1, 0.15) is 12.8 Å². The monoisotopic (exact) mass is 184 g/mol. The van der Waals surface area contributed by atoms with Crippen LogP contribution in [0.3, 0.4) is 0 Å². The van der Waals surface area contributed by atoms with Gasteiger partial charge in [0.1, 0.15) is 0 Å². The van der Waals surface area contributed by atoms with Crippen molar-refractivity contribution in [3.05, 3.63) is 0 Å². The van der Waals surface area contributed by atoms with Crippen molar-refractivity contribution in [2.45, 2.75) is 18.9 Å². The second-order valence-corrected chi connectivity index (χ2v) is 3.77. The van der Waals surface area contributed by atoms with E-state index in [1.165, 1.54) is 0 Å². The molecular formula is C9H16N2O2. The number of hydrogen-bond donors (Lipinski definition) is 1. The highest BCUT2D eigenvalue weighted by Gasteiger charge is 2.36. The first-order valence-electron chi connectivity index (χ1n) is 4.91. The number of ether oxygens (including phenoxy) is 1. The van der Waals surface area contributed by atoms with Crippen LogP contribution in [0.25, 0.3) is 0 Å². The summed E-state index contributed by atoms with van der Waals surface area (Å²) in [4.78, 5) is 13.7. The van der Waals surface area contributed by atoms with Crippen LogP contribution in [0.2, 0.25) is 0 Å². The predicted octanol–water partition coefficient (Wildman–Crippen LogP) is -0.418. The van der Waals surface area contributed by atoms with Gasteiger partial charge in [0, 0.05) is 25.7 Å². The first-order chi connectivity index (χ1) is 6.33. The van der Waals surface area contributed by atoms with E-state index in [1.807, 2.05) is 4.90 Å². The summed E-state index contributed by atoms with van der Waals surface area (Å²) in [7, 11) is 0. The number of nitrogens with zero attached hydrogens (tertiary/aromatic N) is 1. The second-order valence-electron chi connectivity index (χ2n) is 3.77. The standard InChI is InChI=1S/C9H16N2O2/c10-5-8-1-3-11(8)9(12)7-2-4-13-6-7/h7-8H,1-6,10H2. The maximum Gasteiger partial charge on any atom is 0.228 e. The van der Waals surface area contributed by atoms with Gasteiger partial charge in [-0.05, 0) is 12.8 Å². The minimum Gasteiger partial charge on any atom is -0.381 e. The van der Waals surface area contributed by atoms with Crippen molar-refractivity contribution in [3.63, 3.8) is 0 Å². The van der Waals surface area contributed by atoms with Crippen molar-refractivity contribution >= 4 is 5.91 Å². The molecule has 0 saturated carbocycles. The zero-order valence-electron chi connectivity index (χ0n) is 7.74. The molecule has 2 heterocycles. The van der Waals surface area contributed by atoms with Crippen molar-refractivity contribution in [3.8, 4) is 0 Å². The second kappa shape index (κ2) is 3.64. The number of amides is 1.